The Hall–Kier alpha value is -5.13. The lowest BCUT2D eigenvalue weighted by Crippen LogP contribution is -2.16. The normalized spacial score (nSPS) is 11.1. The van der Waals surface area contributed by atoms with Crippen LogP contribution in [0.3, 0.4) is 0 Å². The summed E-state index contributed by atoms with van der Waals surface area (Å²) in [6, 6.07) is 11.4. The van der Waals surface area contributed by atoms with E-state index < -0.39 is 17.9 Å². The minimum Gasteiger partial charge on any atom is -0.490 e. The summed E-state index contributed by atoms with van der Waals surface area (Å²) in [4.78, 5) is 38.2. The minimum atomic E-state index is -0.473. The second kappa shape index (κ2) is 26.2. The highest BCUT2D eigenvalue weighted by molar-refractivity contribution is 6.27. The summed E-state index contributed by atoms with van der Waals surface area (Å²) < 4.78 is 53.7. The summed E-state index contributed by atoms with van der Waals surface area (Å²) in [5, 5.41) is 4.69. The first-order chi connectivity index (χ1) is 29.3. The number of carbonyl (C=O) groups is 3. The third kappa shape index (κ3) is 14.3. The minimum absolute atomic E-state index is 0.298. The van der Waals surface area contributed by atoms with E-state index in [9.17, 15) is 14.4 Å². The first-order valence-corrected chi connectivity index (χ1v) is 22.1. The van der Waals surface area contributed by atoms with Gasteiger partial charge in [0.2, 0.25) is 0 Å². The van der Waals surface area contributed by atoms with Gasteiger partial charge in [0.25, 0.3) is 0 Å². The van der Waals surface area contributed by atoms with Crippen LogP contribution in [0, 0.1) is 0 Å². The average Bonchev–Trinajstić information content (AvgIpc) is 3.24. The van der Waals surface area contributed by atoms with Crippen molar-refractivity contribution in [1.29, 1.82) is 0 Å². The molecule has 0 aliphatic heterocycles. The predicted octanol–water partition coefficient (Wildman–Crippen LogP) is 10.8. The number of esters is 3. The summed E-state index contributed by atoms with van der Waals surface area (Å²) in [6.07, 6.45) is 10.2. The van der Waals surface area contributed by atoms with Crippen LogP contribution in [-0.2, 0) is 28.6 Å². The van der Waals surface area contributed by atoms with E-state index in [1.54, 1.807) is 0 Å². The van der Waals surface area contributed by atoms with Crippen LogP contribution < -0.4 is 28.4 Å². The first-order valence-electron chi connectivity index (χ1n) is 22.1. The zero-order valence-corrected chi connectivity index (χ0v) is 36.7. The predicted molar refractivity (Wildman–Crippen MR) is 234 cm³/mol. The van der Waals surface area contributed by atoms with E-state index in [2.05, 4.69) is 20.8 Å². The van der Waals surface area contributed by atoms with Crippen LogP contribution in [0.4, 0.5) is 0 Å². The monoisotopic (exact) mass is 834 g/mol. The van der Waals surface area contributed by atoms with Gasteiger partial charge in [0.1, 0.15) is 0 Å². The third-order valence-corrected chi connectivity index (χ3v) is 9.71. The molecule has 0 saturated carbocycles. The Morgan fingerprint density at radius 2 is 0.517 bits per heavy atom. The van der Waals surface area contributed by atoms with Crippen LogP contribution >= 0.6 is 0 Å². The van der Waals surface area contributed by atoms with Crippen LogP contribution in [-0.4, -0.2) is 77.4 Å². The van der Waals surface area contributed by atoms with Gasteiger partial charge in [0.05, 0.1) is 39.6 Å². The second-order valence-electron chi connectivity index (χ2n) is 14.7. The molecule has 0 atom stereocenters. The Labute approximate surface area is 355 Å². The van der Waals surface area contributed by atoms with Crippen LogP contribution in [0.1, 0.15) is 119 Å². The zero-order chi connectivity index (χ0) is 43.1. The van der Waals surface area contributed by atoms with Crippen molar-refractivity contribution in [3.8, 4) is 34.5 Å². The molecule has 4 rings (SSSR count). The quantitative estimate of drug-likeness (QED) is 0.0214. The van der Waals surface area contributed by atoms with Crippen LogP contribution in [0.15, 0.2) is 36.4 Å². The summed E-state index contributed by atoms with van der Waals surface area (Å²) in [5.74, 6) is 1.09. The number of rotatable bonds is 30. The molecule has 0 heterocycles. The Bertz CT molecular complexity index is 1720. The molecule has 0 amide bonds. The average molecular weight is 835 g/mol. The maximum Gasteiger partial charge on any atom is 0.344 e. The molecule has 12 nitrogen and oxygen atoms in total. The molecular weight excluding hydrogens is 769 g/mol. The Balaban J connectivity index is 1.99. The van der Waals surface area contributed by atoms with Gasteiger partial charge in [-0.05, 0) is 107 Å². The highest BCUT2D eigenvalue weighted by Gasteiger charge is 2.22. The molecule has 0 bridgehead atoms. The number of ether oxygens (including phenoxy) is 9. The van der Waals surface area contributed by atoms with Crippen LogP contribution in [0.5, 0.6) is 34.5 Å². The first kappa shape index (κ1) is 47.5. The van der Waals surface area contributed by atoms with Crippen molar-refractivity contribution >= 4 is 50.2 Å². The fourth-order valence-corrected chi connectivity index (χ4v) is 6.20. The van der Waals surface area contributed by atoms with Gasteiger partial charge < -0.3 is 42.6 Å². The van der Waals surface area contributed by atoms with E-state index in [4.69, 9.17) is 42.6 Å². The highest BCUT2D eigenvalue weighted by Crippen LogP contribution is 2.47. The van der Waals surface area contributed by atoms with E-state index in [1.165, 1.54) is 0 Å². The van der Waals surface area contributed by atoms with Crippen molar-refractivity contribution in [3.63, 3.8) is 0 Å². The summed E-state index contributed by atoms with van der Waals surface area (Å²) in [7, 11) is 0. The van der Waals surface area contributed by atoms with Crippen LogP contribution in [0.25, 0.3) is 32.3 Å². The summed E-state index contributed by atoms with van der Waals surface area (Å²) in [6.45, 7) is 13.7. The molecule has 0 spiro atoms. The topological polar surface area (TPSA) is 134 Å². The standard InChI is InChI=1S/C48H66O12/c1-7-13-19-52-40-25-34-37(28-43(40)58-31-46(49)55-22-16-10-4)35-26-41(53-20-14-8-2)45(60-33-48(51)57-24-18-12-6)30-39(35)36-27-42(54-21-15-9-3)44(29-38(34)36)59-32-47(50)56-23-17-11-5/h25-30H,7-24,31-33H2,1-6H3. The molecule has 0 saturated heterocycles. The van der Waals surface area contributed by atoms with Crippen molar-refractivity contribution in [2.45, 2.75) is 119 Å². The molecule has 0 aliphatic rings. The molecule has 12 heteroatoms. The van der Waals surface area contributed by atoms with Gasteiger partial charge in [-0.1, -0.05) is 80.1 Å². The Morgan fingerprint density at radius 3 is 0.733 bits per heavy atom. The van der Waals surface area contributed by atoms with Crippen molar-refractivity contribution in [2.75, 3.05) is 59.5 Å². The van der Waals surface area contributed by atoms with Gasteiger partial charge in [0, 0.05) is 0 Å². The molecule has 60 heavy (non-hydrogen) atoms. The number of carbonyl (C=O) groups excluding carboxylic acids is 3. The molecule has 0 fully saturated rings. The number of hydrogen-bond acceptors (Lipinski definition) is 12. The molecule has 0 aromatic heterocycles. The van der Waals surface area contributed by atoms with Crippen LogP contribution in [0.2, 0.25) is 0 Å². The van der Waals surface area contributed by atoms with Crippen molar-refractivity contribution in [3.05, 3.63) is 36.4 Å². The number of hydrogen-bond donors (Lipinski definition) is 0. The van der Waals surface area contributed by atoms with E-state index >= 15 is 0 Å². The van der Waals surface area contributed by atoms with Gasteiger partial charge in [0.15, 0.2) is 54.3 Å². The van der Waals surface area contributed by atoms with Gasteiger partial charge in [-0.3, -0.25) is 0 Å². The maximum absolute atomic E-state index is 12.7. The molecule has 0 radical (unpaired) electrons. The van der Waals surface area contributed by atoms with Crippen molar-refractivity contribution < 1.29 is 57.0 Å². The van der Waals surface area contributed by atoms with E-state index in [-0.39, 0.29) is 19.8 Å². The lowest BCUT2D eigenvalue weighted by atomic mass is 9.93. The number of fused-ring (bicyclic) bond motifs is 6. The van der Waals surface area contributed by atoms with E-state index in [0.29, 0.717) is 74.1 Å². The fraction of sp³-hybridized carbons (Fsp3) is 0.562. The van der Waals surface area contributed by atoms with Gasteiger partial charge >= 0.3 is 17.9 Å². The molecule has 330 valence electrons. The fourth-order valence-electron chi connectivity index (χ4n) is 6.20. The van der Waals surface area contributed by atoms with Gasteiger partial charge in [-0.25, -0.2) is 14.4 Å². The second-order valence-corrected chi connectivity index (χ2v) is 14.7. The summed E-state index contributed by atoms with van der Waals surface area (Å²) >= 11 is 0. The van der Waals surface area contributed by atoms with Crippen molar-refractivity contribution in [2.24, 2.45) is 0 Å². The number of unbranched alkanes of at least 4 members (excludes halogenated alkanes) is 6. The smallest absolute Gasteiger partial charge is 0.344 e. The maximum atomic E-state index is 12.7. The van der Waals surface area contributed by atoms with E-state index in [1.807, 2.05) is 57.2 Å². The lowest BCUT2D eigenvalue weighted by molar-refractivity contribution is -0.147. The molecule has 0 aliphatic carbocycles. The molecular formula is C48H66O12. The lowest BCUT2D eigenvalue weighted by Gasteiger charge is -2.20. The van der Waals surface area contributed by atoms with E-state index in [0.717, 1.165) is 109 Å². The Kier molecular flexibility index (Phi) is 20.7. The third-order valence-electron chi connectivity index (χ3n) is 9.71. The van der Waals surface area contributed by atoms with Gasteiger partial charge in [-0.15, -0.1) is 0 Å². The zero-order valence-electron chi connectivity index (χ0n) is 36.7. The SMILES string of the molecule is CCCCOC(=O)COc1cc2c(cc1OCCCC)c1cc(OCC(=O)OCCCC)c(OCCCC)cc1c1cc(OCC(=O)OCCCC)c(OCCCC)cc21. The highest BCUT2D eigenvalue weighted by atomic mass is 16.6. The number of benzene rings is 4. The molecule has 0 N–H and O–H groups in total. The summed E-state index contributed by atoms with van der Waals surface area (Å²) in [5.41, 5.74) is 0. The van der Waals surface area contributed by atoms with Crippen molar-refractivity contribution in [1.82, 2.24) is 0 Å². The largest absolute Gasteiger partial charge is 0.490 e. The Morgan fingerprint density at radius 1 is 0.317 bits per heavy atom. The molecule has 4 aromatic carbocycles. The van der Waals surface area contributed by atoms with Gasteiger partial charge in [-0.2, -0.15) is 0 Å². The molecule has 4 aromatic rings. The molecule has 0 unspecified atom stereocenters.